The van der Waals surface area contributed by atoms with Gasteiger partial charge in [0.1, 0.15) is 17.3 Å². The molecule has 8 heteroatoms. The van der Waals surface area contributed by atoms with Gasteiger partial charge < -0.3 is 15.2 Å². The molecule has 0 aliphatic carbocycles. The van der Waals surface area contributed by atoms with E-state index in [-0.39, 0.29) is 12.4 Å². The number of anilines is 1. The number of thiophene rings is 1. The maximum atomic E-state index is 13.8. The number of aromatic nitrogens is 2. The van der Waals surface area contributed by atoms with E-state index in [9.17, 15) is 9.18 Å². The fraction of sp³-hybridized carbons (Fsp3) is 0.174. The number of nitrogens with zero attached hydrogens (tertiary/aromatic N) is 2. The minimum Gasteiger partial charge on any atom is -0.494 e. The third-order valence-corrected chi connectivity index (χ3v) is 6.12. The fourth-order valence-corrected chi connectivity index (χ4v) is 4.23. The standard InChI is InChI=1S/C23H20FN3O3S/c1-12-13(2)31-22-19(12)20(25)26-21(27-22)15-5-7-16(8-6-15)23(28)30-11-14-4-9-18(29-3)17(24)10-14/h4-10H,11H2,1-3H3,(H2,25,26,27). The van der Waals surface area contributed by atoms with E-state index in [0.717, 1.165) is 26.2 Å². The van der Waals surface area contributed by atoms with Crippen molar-refractivity contribution in [1.29, 1.82) is 0 Å². The van der Waals surface area contributed by atoms with E-state index in [2.05, 4.69) is 9.97 Å². The second-order valence-corrected chi connectivity index (χ2v) is 8.22. The molecule has 0 amide bonds. The monoisotopic (exact) mass is 437 g/mol. The van der Waals surface area contributed by atoms with Gasteiger partial charge in [0.05, 0.1) is 18.1 Å². The molecular weight excluding hydrogens is 417 g/mol. The molecule has 2 aromatic carbocycles. The normalized spacial score (nSPS) is 11.0. The summed E-state index contributed by atoms with van der Waals surface area (Å²) in [7, 11) is 1.39. The number of benzene rings is 2. The van der Waals surface area contributed by atoms with E-state index in [0.29, 0.717) is 22.8 Å². The molecule has 0 spiro atoms. The number of nitrogens with two attached hydrogens (primary N) is 1. The van der Waals surface area contributed by atoms with Gasteiger partial charge in [-0.15, -0.1) is 11.3 Å². The Kier molecular flexibility index (Phi) is 5.56. The highest BCUT2D eigenvalue weighted by atomic mass is 32.1. The van der Waals surface area contributed by atoms with Gasteiger partial charge in [-0.3, -0.25) is 0 Å². The molecule has 4 aromatic rings. The number of nitrogen functional groups attached to an aromatic ring is 1. The molecule has 0 bridgehead atoms. The van der Waals surface area contributed by atoms with E-state index in [4.69, 9.17) is 15.2 Å². The van der Waals surface area contributed by atoms with Crippen molar-refractivity contribution < 1.29 is 18.7 Å². The molecule has 0 aliphatic heterocycles. The number of carbonyl (C=O) groups is 1. The number of halogens is 1. The topological polar surface area (TPSA) is 87.3 Å². The first-order valence-electron chi connectivity index (χ1n) is 9.50. The average Bonchev–Trinajstić information content (AvgIpc) is 3.06. The highest BCUT2D eigenvalue weighted by Crippen LogP contribution is 2.33. The number of esters is 1. The Labute approximate surface area is 182 Å². The van der Waals surface area contributed by atoms with E-state index in [1.165, 1.54) is 19.2 Å². The molecule has 0 saturated heterocycles. The summed E-state index contributed by atoms with van der Waals surface area (Å²) in [4.78, 5) is 23.4. The van der Waals surface area contributed by atoms with Crippen molar-refractivity contribution in [3.8, 4) is 17.1 Å². The molecule has 0 radical (unpaired) electrons. The van der Waals surface area contributed by atoms with Gasteiger partial charge in [0, 0.05) is 10.4 Å². The molecule has 0 unspecified atom stereocenters. The minimum atomic E-state index is -0.511. The predicted octanol–water partition coefficient (Wildman–Crippen LogP) is 5.06. The second-order valence-electron chi connectivity index (χ2n) is 7.02. The molecule has 2 heterocycles. The van der Waals surface area contributed by atoms with Gasteiger partial charge in [-0.1, -0.05) is 18.2 Å². The van der Waals surface area contributed by atoms with Crippen LogP contribution in [0, 0.1) is 19.7 Å². The van der Waals surface area contributed by atoms with Crippen LogP contribution in [0.15, 0.2) is 42.5 Å². The second kappa shape index (κ2) is 8.31. The smallest absolute Gasteiger partial charge is 0.338 e. The molecule has 31 heavy (non-hydrogen) atoms. The lowest BCUT2D eigenvalue weighted by molar-refractivity contribution is 0.0472. The first kappa shape index (κ1) is 20.7. The van der Waals surface area contributed by atoms with Crippen molar-refractivity contribution in [2.24, 2.45) is 0 Å². The van der Waals surface area contributed by atoms with Crippen LogP contribution in [0.5, 0.6) is 5.75 Å². The van der Waals surface area contributed by atoms with Gasteiger partial charge in [-0.05, 0) is 49.2 Å². The zero-order valence-corrected chi connectivity index (χ0v) is 18.0. The maximum Gasteiger partial charge on any atom is 0.338 e. The predicted molar refractivity (Wildman–Crippen MR) is 119 cm³/mol. The Bertz CT molecular complexity index is 1290. The quantitative estimate of drug-likeness (QED) is 0.439. The van der Waals surface area contributed by atoms with Gasteiger partial charge in [-0.2, -0.15) is 0 Å². The van der Waals surface area contributed by atoms with Gasteiger partial charge in [0.25, 0.3) is 0 Å². The minimum absolute atomic E-state index is 0.0467. The molecule has 0 fully saturated rings. The summed E-state index contributed by atoms with van der Waals surface area (Å²) >= 11 is 1.58. The largest absolute Gasteiger partial charge is 0.494 e. The lowest BCUT2D eigenvalue weighted by atomic mass is 10.1. The highest BCUT2D eigenvalue weighted by molar-refractivity contribution is 7.18. The Morgan fingerprint density at radius 3 is 2.55 bits per heavy atom. The van der Waals surface area contributed by atoms with Crippen LogP contribution in [-0.4, -0.2) is 23.0 Å². The summed E-state index contributed by atoms with van der Waals surface area (Å²) in [5.74, 6) is 0.0625. The van der Waals surface area contributed by atoms with E-state index < -0.39 is 11.8 Å². The van der Waals surface area contributed by atoms with Crippen LogP contribution in [-0.2, 0) is 11.3 Å². The number of fused-ring (bicyclic) bond motifs is 1. The number of methoxy groups -OCH3 is 1. The van der Waals surface area contributed by atoms with Crippen molar-refractivity contribution in [3.05, 3.63) is 69.8 Å². The van der Waals surface area contributed by atoms with Crippen LogP contribution in [0.25, 0.3) is 21.6 Å². The highest BCUT2D eigenvalue weighted by Gasteiger charge is 2.15. The van der Waals surface area contributed by atoms with E-state index >= 15 is 0 Å². The van der Waals surface area contributed by atoms with Gasteiger partial charge in [0.15, 0.2) is 17.4 Å². The molecule has 0 saturated carbocycles. The molecule has 4 rings (SSSR count). The van der Waals surface area contributed by atoms with Crippen molar-refractivity contribution >= 4 is 33.3 Å². The Balaban J connectivity index is 1.49. The number of carbonyl (C=O) groups excluding carboxylic acids is 1. The number of hydrogen-bond donors (Lipinski definition) is 1. The van der Waals surface area contributed by atoms with Gasteiger partial charge in [0.2, 0.25) is 0 Å². The lowest BCUT2D eigenvalue weighted by Gasteiger charge is -2.08. The Hall–Kier alpha value is -3.52. The number of aryl methyl sites for hydroxylation is 2. The molecular formula is C23H20FN3O3S. The van der Waals surface area contributed by atoms with Gasteiger partial charge >= 0.3 is 5.97 Å². The molecule has 6 nitrogen and oxygen atoms in total. The number of hydrogen-bond acceptors (Lipinski definition) is 7. The summed E-state index contributed by atoms with van der Waals surface area (Å²) in [6.45, 7) is 3.99. The summed E-state index contributed by atoms with van der Waals surface area (Å²) in [6.07, 6.45) is 0. The van der Waals surface area contributed by atoms with Crippen LogP contribution >= 0.6 is 11.3 Å². The van der Waals surface area contributed by atoms with Crippen molar-refractivity contribution in [1.82, 2.24) is 9.97 Å². The third-order valence-electron chi connectivity index (χ3n) is 5.02. The van der Waals surface area contributed by atoms with Crippen molar-refractivity contribution in [2.45, 2.75) is 20.5 Å². The fourth-order valence-electron chi connectivity index (χ4n) is 3.20. The number of rotatable bonds is 5. The van der Waals surface area contributed by atoms with Crippen molar-refractivity contribution in [3.63, 3.8) is 0 Å². The van der Waals surface area contributed by atoms with Crippen molar-refractivity contribution in [2.75, 3.05) is 12.8 Å². The van der Waals surface area contributed by atoms with E-state index in [1.807, 2.05) is 13.8 Å². The molecule has 2 aromatic heterocycles. The summed E-state index contributed by atoms with van der Waals surface area (Å²) in [5, 5.41) is 0.890. The zero-order valence-electron chi connectivity index (χ0n) is 17.2. The average molecular weight is 437 g/mol. The summed E-state index contributed by atoms with van der Waals surface area (Å²) in [5.41, 5.74) is 8.89. The van der Waals surface area contributed by atoms with Gasteiger partial charge in [-0.25, -0.2) is 19.2 Å². The zero-order chi connectivity index (χ0) is 22.1. The number of ether oxygens (including phenoxy) is 2. The van der Waals surface area contributed by atoms with Crippen LogP contribution in [0.2, 0.25) is 0 Å². The van der Waals surface area contributed by atoms with Crippen LogP contribution < -0.4 is 10.5 Å². The lowest BCUT2D eigenvalue weighted by Crippen LogP contribution is -2.05. The Morgan fingerprint density at radius 2 is 1.87 bits per heavy atom. The van der Waals surface area contributed by atoms with Crippen LogP contribution in [0.4, 0.5) is 10.2 Å². The summed E-state index contributed by atoms with van der Waals surface area (Å²) in [6, 6.07) is 11.2. The third kappa shape index (κ3) is 4.06. The Morgan fingerprint density at radius 1 is 1.13 bits per heavy atom. The van der Waals surface area contributed by atoms with E-state index in [1.54, 1.807) is 41.7 Å². The van der Waals surface area contributed by atoms with Crippen LogP contribution in [0.1, 0.15) is 26.4 Å². The first-order chi connectivity index (χ1) is 14.9. The molecule has 0 aliphatic rings. The molecule has 2 N–H and O–H groups in total. The molecule has 0 atom stereocenters. The SMILES string of the molecule is COc1ccc(COC(=O)c2ccc(-c3nc(N)c4c(C)c(C)sc4n3)cc2)cc1F. The molecule has 158 valence electrons. The summed E-state index contributed by atoms with van der Waals surface area (Å²) < 4.78 is 23.9. The van der Waals surface area contributed by atoms with Crippen LogP contribution in [0.3, 0.4) is 0 Å². The maximum absolute atomic E-state index is 13.8. The first-order valence-corrected chi connectivity index (χ1v) is 10.3.